The van der Waals surface area contributed by atoms with Crippen LogP contribution in [0.1, 0.15) is 50.7 Å². The second-order valence-electron chi connectivity index (χ2n) is 9.42. The topological polar surface area (TPSA) is 44.1 Å². The van der Waals surface area contributed by atoms with E-state index in [1.54, 1.807) is 24.3 Å². The number of hydrogen-bond acceptors (Lipinski definition) is 2. The maximum atomic E-state index is 14.1. The van der Waals surface area contributed by atoms with E-state index in [-0.39, 0.29) is 24.3 Å². The fraction of sp³-hybridized carbons (Fsp3) is 0.440. The number of benzene rings is 2. The number of carbonyl (C=O) groups excluding carboxylic acids is 1. The zero-order chi connectivity index (χ0) is 22.8. The van der Waals surface area contributed by atoms with E-state index < -0.39 is 35.7 Å². The summed E-state index contributed by atoms with van der Waals surface area (Å²) in [7, 11) is 0. The number of nitriles is 1. The van der Waals surface area contributed by atoms with Crippen molar-refractivity contribution in [3.05, 3.63) is 71.3 Å². The lowest BCUT2D eigenvalue weighted by atomic mass is 9.72. The molecule has 1 heterocycles. The molecule has 0 N–H and O–H groups in total. The van der Waals surface area contributed by atoms with Gasteiger partial charge >= 0.3 is 0 Å². The highest BCUT2D eigenvalue weighted by atomic mass is 19.1. The van der Waals surface area contributed by atoms with Gasteiger partial charge in [0.15, 0.2) is 0 Å². The first-order chi connectivity index (χ1) is 14.6. The molecule has 1 saturated heterocycles. The number of hydrogen-bond donors (Lipinski definition) is 0. The Morgan fingerprint density at radius 3 is 1.97 bits per heavy atom. The molecule has 2 aromatic carbocycles. The average molecular weight is 428 g/mol. The summed E-state index contributed by atoms with van der Waals surface area (Å²) in [5.41, 5.74) is 1.16. The van der Waals surface area contributed by atoms with Gasteiger partial charge in [-0.3, -0.25) is 4.79 Å². The molecular weight excluding hydrogens is 401 g/mol. The molecule has 1 fully saturated rings. The number of carbonyl (C=O) groups is 1. The Balaban J connectivity index is 2.11. The van der Waals surface area contributed by atoms with Crippen LogP contribution in [0.4, 0.5) is 13.2 Å². The Kier molecular flexibility index (Phi) is 6.74. The molecule has 0 spiro atoms. The number of amides is 1. The Labute approximate surface area is 181 Å². The summed E-state index contributed by atoms with van der Waals surface area (Å²) in [6.45, 7) is 5.90. The van der Waals surface area contributed by atoms with Gasteiger partial charge in [0, 0.05) is 18.3 Å². The summed E-state index contributed by atoms with van der Waals surface area (Å²) in [4.78, 5) is 15.1. The van der Waals surface area contributed by atoms with Gasteiger partial charge in [0.1, 0.15) is 23.8 Å². The smallest absolute Gasteiger partial charge is 0.227 e. The highest BCUT2D eigenvalue weighted by Crippen LogP contribution is 2.41. The third-order valence-corrected chi connectivity index (χ3v) is 5.69. The molecule has 3 unspecified atom stereocenters. The number of nitrogens with zero attached hydrogens (tertiary/aromatic N) is 2. The summed E-state index contributed by atoms with van der Waals surface area (Å²) in [6, 6.07) is 13.0. The second-order valence-corrected chi connectivity index (χ2v) is 9.42. The number of halogens is 3. The van der Waals surface area contributed by atoms with Crippen molar-refractivity contribution >= 4 is 5.91 Å². The standard InChI is InChI=1S/C25H27F3N2O/c1-25(2,3)13-22(24(31)30-15-20(28)12-21(30)14-29)23(16-4-8-18(26)9-5-16)17-6-10-19(27)11-7-17/h4-11,20-23H,12-13,15H2,1-3H3. The molecule has 0 bridgehead atoms. The van der Waals surface area contributed by atoms with E-state index in [2.05, 4.69) is 0 Å². The molecule has 164 valence electrons. The van der Waals surface area contributed by atoms with Crippen LogP contribution in [0.3, 0.4) is 0 Å². The van der Waals surface area contributed by atoms with Crippen LogP contribution in [0.25, 0.3) is 0 Å². The van der Waals surface area contributed by atoms with Crippen LogP contribution in [-0.4, -0.2) is 29.6 Å². The van der Waals surface area contributed by atoms with Gasteiger partial charge in [-0.2, -0.15) is 5.26 Å². The van der Waals surface area contributed by atoms with E-state index in [1.807, 2.05) is 26.8 Å². The first kappa shape index (κ1) is 22.9. The quantitative estimate of drug-likeness (QED) is 0.621. The van der Waals surface area contributed by atoms with Gasteiger partial charge in [0.05, 0.1) is 12.6 Å². The largest absolute Gasteiger partial charge is 0.323 e. The zero-order valence-electron chi connectivity index (χ0n) is 18.0. The summed E-state index contributed by atoms with van der Waals surface area (Å²) < 4.78 is 41.3. The van der Waals surface area contributed by atoms with Crippen LogP contribution in [0.5, 0.6) is 0 Å². The SMILES string of the molecule is CC(C)(C)CC(C(=O)N1CC(F)CC1C#N)C(c1ccc(F)cc1)c1ccc(F)cc1. The predicted molar refractivity (Wildman–Crippen MR) is 113 cm³/mol. The average Bonchev–Trinajstić information content (AvgIpc) is 3.09. The van der Waals surface area contributed by atoms with Crippen molar-refractivity contribution in [2.75, 3.05) is 6.54 Å². The van der Waals surface area contributed by atoms with Crippen LogP contribution < -0.4 is 0 Å². The number of rotatable bonds is 5. The molecule has 3 atom stereocenters. The second kappa shape index (κ2) is 9.13. The predicted octanol–water partition coefficient (Wildman–Crippen LogP) is 5.61. The fourth-order valence-corrected chi connectivity index (χ4v) is 4.37. The van der Waals surface area contributed by atoms with E-state index in [1.165, 1.54) is 29.2 Å². The third-order valence-electron chi connectivity index (χ3n) is 5.69. The summed E-state index contributed by atoms with van der Waals surface area (Å²) in [6.07, 6.45) is -0.780. The minimum absolute atomic E-state index is 0.00222. The minimum Gasteiger partial charge on any atom is -0.323 e. The molecule has 0 aliphatic carbocycles. The van der Waals surface area contributed by atoms with Crippen molar-refractivity contribution in [3.63, 3.8) is 0 Å². The first-order valence-corrected chi connectivity index (χ1v) is 10.4. The molecule has 3 rings (SSSR count). The van der Waals surface area contributed by atoms with Crippen LogP contribution in [-0.2, 0) is 4.79 Å². The van der Waals surface area contributed by atoms with Crippen molar-refractivity contribution in [1.82, 2.24) is 4.90 Å². The maximum Gasteiger partial charge on any atom is 0.227 e. The van der Waals surface area contributed by atoms with Crippen LogP contribution >= 0.6 is 0 Å². The molecule has 0 saturated carbocycles. The van der Waals surface area contributed by atoms with Crippen molar-refractivity contribution in [1.29, 1.82) is 5.26 Å². The lowest BCUT2D eigenvalue weighted by molar-refractivity contribution is -0.137. The van der Waals surface area contributed by atoms with Crippen molar-refractivity contribution < 1.29 is 18.0 Å². The van der Waals surface area contributed by atoms with Crippen LogP contribution in [0.2, 0.25) is 0 Å². The van der Waals surface area contributed by atoms with Crippen LogP contribution in [0, 0.1) is 34.3 Å². The van der Waals surface area contributed by atoms with Crippen molar-refractivity contribution in [3.8, 4) is 6.07 Å². The molecule has 31 heavy (non-hydrogen) atoms. The first-order valence-electron chi connectivity index (χ1n) is 10.4. The molecule has 0 aromatic heterocycles. The minimum atomic E-state index is -1.24. The zero-order valence-corrected chi connectivity index (χ0v) is 18.0. The Morgan fingerprint density at radius 1 is 1.06 bits per heavy atom. The van der Waals surface area contributed by atoms with Gasteiger partial charge in [-0.1, -0.05) is 45.0 Å². The molecule has 6 heteroatoms. The van der Waals surface area contributed by atoms with E-state index in [9.17, 15) is 23.2 Å². The van der Waals surface area contributed by atoms with Crippen LogP contribution in [0.15, 0.2) is 48.5 Å². The number of likely N-dealkylation sites (tertiary alicyclic amines) is 1. The highest BCUT2D eigenvalue weighted by Gasteiger charge is 2.42. The van der Waals surface area contributed by atoms with E-state index in [0.717, 1.165) is 0 Å². The molecule has 1 aliphatic rings. The van der Waals surface area contributed by atoms with E-state index in [0.29, 0.717) is 17.5 Å². The van der Waals surface area contributed by atoms with Gasteiger partial charge in [0.25, 0.3) is 0 Å². The van der Waals surface area contributed by atoms with E-state index in [4.69, 9.17) is 0 Å². The monoisotopic (exact) mass is 428 g/mol. The molecule has 1 amide bonds. The molecule has 3 nitrogen and oxygen atoms in total. The summed E-state index contributed by atoms with van der Waals surface area (Å²) in [5, 5.41) is 9.46. The molecule has 0 radical (unpaired) electrons. The van der Waals surface area contributed by atoms with E-state index >= 15 is 0 Å². The van der Waals surface area contributed by atoms with Gasteiger partial charge in [-0.15, -0.1) is 0 Å². The Hall–Kier alpha value is -2.81. The summed E-state index contributed by atoms with van der Waals surface area (Å²) >= 11 is 0. The van der Waals surface area contributed by atoms with Gasteiger partial charge in [-0.05, 0) is 47.2 Å². The Morgan fingerprint density at radius 2 is 1.55 bits per heavy atom. The fourth-order valence-electron chi connectivity index (χ4n) is 4.37. The molecule has 2 aromatic rings. The lowest BCUT2D eigenvalue weighted by Crippen LogP contribution is -2.42. The van der Waals surface area contributed by atoms with Crippen molar-refractivity contribution in [2.45, 2.75) is 51.7 Å². The normalized spacial score (nSPS) is 20.0. The Bertz CT molecular complexity index is 899. The number of alkyl halides is 1. The molecule has 1 aliphatic heterocycles. The lowest BCUT2D eigenvalue weighted by Gasteiger charge is -2.35. The maximum absolute atomic E-state index is 14.1. The van der Waals surface area contributed by atoms with Gasteiger partial charge in [0.2, 0.25) is 5.91 Å². The molecular formula is C25H27F3N2O. The van der Waals surface area contributed by atoms with Crippen molar-refractivity contribution in [2.24, 2.45) is 11.3 Å². The third kappa shape index (κ3) is 5.46. The highest BCUT2D eigenvalue weighted by molar-refractivity contribution is 5.81. The van der Waals surface area contributed by atoms with Gasteiger partial charge in [-0.25, -0.2) is 13.2 Å². The summed E-state index contributed by atoms with van der Waals surface area (Å²) in [5.74, 6) is -2.22. The van der Waals surface area contributed by atoms with Gasteiger partial charge < -0.3 is 4.90 Å².